The molecule has 2 aliphatic heterocycles. The van der Waals surface area contributed by atoms with Crippen molar-refractivity contribution in [3.63, 3.8) is 0 Å². The van der Waals surface area contributed by atoms with Crippen LogP contribution in [-0.4, -0.2) is 50.4 Å². The molecule has 1 N–H and O–H groups in total. The van der Waals surface area contributed by atoms with Gasteiger partial charge >= 0.3 is 0 Å². The molecule has 5 nitrogen and oxygen atoms in total. The Bertz CT molecular complexity index is 809. The van der Waals surface area contributed by atoms with E-state index < -0.39 is 32.6 Å². The molecule has 6 heteroatoms. The van der Waals surface area contributed by atoms with E-state index >= 15 is 0 Å². The van der Waals surface area contributed by atoms with E-state index in [-0.39, 0.29) is 11.1 Å². The van der Waals surface area contributed by atoms with Gasteiger partial charge in [0, 0.05) is 0 Å². The van der Waals surface area contributed by atoms with E-state index in [1.165, 1.54) is 10.4 Å². The maximum atomic E-state index is 10.4. The highest BCUT2D eigenvalue weighted by atomic mass is 28.4. The first-order chi connectivity index (χ1) is 14.1. The van der Waals surface area contributed by atoms with Crippen LogP contribution in [0.15, 0.2) is 60.7 Å². The van der Waals surface area contributed by atoms with Crippen LogP contribution in [0.5, 0.6) is 0 Å². The summed E-state index contributed by atoms with van der Waals surface area (Å²) in [7, 11) is -2.68. The largest absolute Gasteiger partial charge is 0.405 e. The fourth-order valence-corrected chi connectivity index (χ4v) is 9.33. The third kappa shape index (κ3) is 3.77. The van der Waals surface area contributed by atoms with Crippen molar-refractivity contribution in [2.24, 2.45) is 0 Å². The van der Waals surface area contributed by atoms with Crippen molar-refractivity contribution in [1.29, 1.82) is 0 Å². The topological polar surface area (TPSA) is 57.2 Å². The number of rotatable bonds is 5. The van der Waals surface area contributed by atoms with Gasteiger partial charge in [0.25, 0.3) is 8.32 Å². The molecule has 30 heavy (non-hydrogen) atoms. The van der Waals surface area contributed by atoms with E-state index in [4.69, 9.17) is 18.6 Å². The molecule has 4 rings (SSSR count). The third-order valence-electron chi connectivity index (χ3n) is 6.01. The monoisotopic (exact) mass is 428 g/mol. The van der Waals surface area contributed by atoms with Gasteiger partial charge < -0.3 is 23.7 Å². The molecular weight excluding hydrogens is 396 g/mol. The van der Waals surface area contributed by atoms with Crippen LogP contribution in [0.1, 0.15) is 34.6 Å². The second kappa shape index (κ2) is 7.86. The normalized spacial score (nSPS) is 28.5. The standard InChI is InChI=1S/C24H32O5Si/c1-23(2,3)30(17-12-8-6-9-13-17,18-14-10-7-11-15-18)26-16-19-20-21(22(25)27-19)29-24(4,5)28-20/h6-15,19-22,25H,16H2,1-5H3/t19?,20-,21-,22?/m1/s1. The number of benzene rings is 2. The molecule has 2 aliphatic rings. The van der Waals surface area contributed by atoms with Crippen molar-refractivity contribution < 1.29 is 23.7 Å². The molecule has 2 unspecified atom stereocenters. The Balaban J connectivity index is 1.69. The summed E-state index contributed by atoms with van der Waals surface area (Å²) in [4.78, 5) is 0. The van der Waals surface area contributed by atoms with Crippen molar-refractivity contribution in [3.8, 4) is 0 Å². The third-order valence-corrected chi connectivity index (χ3v) is 11.0. The van der Waals surface area contributed by atoms with Gasteiger partial charge in [-0.25, -0.2) is 0 Å². The zero-order valence-corrected chi connectivity index (χ0v) is 19.4. The molecule has 0 spiro atoms. The highest BCUT2D eigenvalue weighted by molar-refractivity contribution is 6.99. The van der Waals surface area contributed by atoms with Crippen LogP contribution in [0.25, 0.3) is 0 Å². The van der Waals surface area contributed by atoms with E-state index in [0.717, 1.165) is 0 Å². The highest BCUT2D eigenvalue weighted by Crippen LogP contribution is 2.40. The summed E-state index contributed by atoms with van der Waals surface area (Å²) >= 11 is 0. The van der Waals surface area contributed by atoms with E-state index in [1.807, 2.05) is 26.0 Å². The maximum absolute atomic E-state index is 10.4. The Labute approximate surface area is 180 Å². The summed E-state index contributed by atoms with van der Waals surface area (Å²) in [5.41, 5.74) is 0. The van der Waals surface area contributed by atoms with Crippen LogP contribution in [0, 0.1) is 0 Å². The minimum atomic E-state index is -2.68. The van der Waals surface area contributed by atoms with Gasteiger partial charge in [-0.1, -0.05) is 81.4 Å². The predicted molar refractivity (Wildman–Crippen MR) is 118 cm³/mol. The quantitative estimate of drug-likeness (QED) is 0.742. The first-order valence-electron chi connectivity index (χ1n) is 10.6. The molecule has 2 heterocycles. The Morgan fingerprint density at radius 1 is 0.900 bits per heavy atom. The van der Waals surface area contributed by atoms with E-state index in [0.29, 0.717) is 6.61 Å². The zero-order valence-electron chi connectivity index (χ0n) is 18.4. The van der Waals surface area contributed by atoms with E-state index in [2.05, 4.69) is 69.3 Å². The second-order valence-corrected chi connectivity index (χ2v) is 13.9. The molecule has 0 radical (unpaired) electrons. The lowest BCUT2D eigenvalue weighted by Crippen LogP contribution is -2.67. The molecule has 0 aromatic heterocycles. The summed E-state index contributed by atoms with van der Waals surface area (Å²) in [6.07, 6.45) is -2.25. The van der Waals surface area contributed by atoms with Crippen LogP contribution in [0.2, 0.25) is 5.04 Å². The molecule has 0 saturated carbocycles. The van der Waals surface area contributed by atoms with Gasteiger partial charge in [0.15, 0.2) is 12.1 Å². The molecule has 2 saturated heterocycles. The molecule has 2 aromatic carbocycles. The first kappa shape index (κ1) is 21.7. The lowest BCUT2D eigenvalue weighted by Gasteiger charge is -2.43. The number of aliphatic hydroxyl groups excluding tert-OH is 1. The van der Waals surface area contributed by atoms with Crippen molar-refractivity contribution in [1.82, 2.24) is 0 Å². The summed E-state index contributed by atoms with van der Waals surface area (Å²) in [6, 6.07) is 21.0. The van der Waals surface area contributed by atoms with Crippen LogP contribution in [0.4, 0.5) is 0 Å². The summed E-state index contributed by atoms with van der Waals surface area (Å²) in [5.74, 6) is -0.740. The minimum Gasteiger partial charge on any atom is -0.405 e. The number of aliphatic hydroxyl groups is 1. The van der Waals surface area contributed by atoms with Gasteiger partial charge in [0.2, 0.25) is 0 Å². The summed E-state index contributed by atoms with van der Waals surface area (Å²) < 4.78 is 24.6. The van der Waals surface area contributed by atoms with Crippen LogP contribution < -0.4 is 10.4 Å². The number of hydrogen-bond acceptors (Lipinski definition) is 5. The Morgan fingerprint density at radius 3 is 1.90 bits per heavy atom. The SMILES string of the molecule is CC1(C)O[C@@H]2C(CO[Si](c3ccccc3)(c3ccccc3)C(C)(C)C)OC(O)[C@@H]2O1. The van der Waals surface area contributed by atoms with Crippen molar-refractivity contribution in [3.05, 3.63) is 60.7 Å². The van der Waals surface area contributed by atoms with Gasteiger partial charge in [0.05, 0.1) is 6.61 Å². The fraction of sp³-hybridized carbons (Fsp3) is 0.500. The minimum absolute atomic E-state index is 0.126. The average Bonchev–Trinajstić information content (AvgIpc) is 3.17. The Kier molecular flexibility index (Phi) is 5.68. The number of fused-ring (bicyclic) bond motifs is 1. The molecule has 0 aliphatic carbocycles. The molecule has 2 aromatic rings. The van der Waals surface area contributed by atoms with Crippen LogP contribution in [-0.2, 0) is 18.6 Å². The van der Waals surface area contributed by atoms with Gasteiger partial charge in [-0.3, -0.25) is 0 Å². The Hall–Kier alpha value is -1.54. The summed E-state index contributed by atoms with van der Waals surface area (Å²) in [5, 5.41) is 12.6. The van der Waals surface area contributed by atoms with Crippen LogP contribution >= 0.6 is 0 Å². The molecule has 0 amide bonds. The molecular formula is C24H32O5Si. The van der Waals surface area contributed by atoms with Gasteiger partial charge in [-0.2, -0.15) is 0 Å². The first-order valence-corrected chi connectivity index (χ1v) is 12.5. The molecule has 2 fully saturated rings. The Morgan fingerprint density at radius 2 is 1.40 bits per heavy atom. The second-order valence-electron chi connectivity index (χ2n) is 9.60. The summed E-state index contributed by atoms with van der Waals surface area (Å²) in [6.45, 7) is 10.8. The van der Waals surface area contributed by atoms with Gasteiger partial charge in [-0.15, -0.1) is 0 Å². The number of hydrogen-bond donors (Lipinski definition) is 1. The van der Waals surface area contributed by atoms with Crippen LogP contribution in [0.3, 0.4) is 0 Å². The number of ether oxygens (including phenoxy) is 3. The smallest absolute Gasteiger partial charge is 0.261 e. The van der Waals surface area contributed by atoms with Crippen molar-refractivity contribution in [2.45, 2.75) is 70.0 Å². The fourth-order valence-electron chi connectivity index (χ4n) is 4.76. The lowest BCUT2D eigenvalue weighted by atomic mass is 10.1. The van der Waals surface area contributed by atoms with Gasteiger partial charge in [0.1, 0.15) is 18.3 Å². The van der Waals surface area contributed by atoms with Gasteiger partial charge in [-0.05, 0) is 29.3 Å². The maximum Gasteiger partial charge on any atom is 0.261 e. The highest BCUT2D eigenvalue weighted by Gasteiger charge is 2.56. The molecule has 4 atom stereocenters. The average molecular weight is 429 g/mol. The zero-order chi connectivity index (χ0) is 21.6. The van der Waals surface area contributed by atoms with E-state index in [9.17, 15) is 5.11 Å². The lowest BCUT2D eigenvalue weighted by molar-refractivity contribution is -0.222. The van der Waals surface area contributed by atoms with Crippen molar-refractivity contribution >= 4 is 18.7 Å². The molecule has 0 bridgehead atoms. The van der Waals surface area contributed by atoms with Crippen molar-refractivity contribution in [2.75, 3.05) is 6.61 Å². The van der Waals surface area contributed by atoms with E-state index in [1.54, 1.807) is 0 Å². The molecule has 162 valence electrons. The predicted octanol–water partition coefficient (Wildman–Crippen LogP) is 2.80.